The molecule has 1 aromatic rings. The Balaban J connectivity index is 2.62. The molecule has 1 rings (SSSR count). The van der Waals surface area contributed by atoms with Crippen molar-refractivity contribution < 1.29 is 0 Å². The summed E-state index contributed by atoms with van der Waals surface area (Å²) in [5, 5.41) is 8.20. The van der Waals surface area contributed by atoms with Crippen LogP contribution in [0.2, 0.25) is 0 Å². The van der Waals surface area contributed by atoms with Crippen molar-refractivity contribution in [2.45, 2.75) is 54.0 Å². The highest BCUT2D eigenvalue weighted by Gasteiger charge is 2.16. The fourth-order valence-electron chi connectivity index (χ4n) is 2.23. The number of hydrogen-bond donors (Lipinski definition) is 1. The second kappa shape index (κ2) is 8.05. The van der Waals surface area contributed by atoms with E-state index >= 15 is 0 Å². The third kappa shape index (κ3) is 4.92. The van der Waals surface area contributed by atoms with Gasteiger partial charge in [0.1, 0.15) is 0 Å². The van der Waals surface area contributed by atoms with E-state index in [0.29, 0.717) is 11.8 Å². The molecular formula is C15H28BrN3. The van der Waals surface area contributed by atoms with Crippen molar-refractivity contribution in [3.63, 3.8) is 0 Å². The molecule has 0 radical (unpaired) electrons. The van der Waals surface area contributed by atoms with Crippen molar-refractivity contribution in [2.24, 2.45) is 11.8 Å². The van der Waals surface area contributed by atoms with E-state index in [-0.39, 0.29) is 0 Å². The maximum Gasteiger partial charge on any atom is 0.0766 e. The van der Waals surface area contributed by atoms with E-state index < -0.39 is 0 Å². The van der Waals surface area contributed by atoms with Crippen LogP contribution < -0.4 is 5.32 Å². The largest absolute Gasteiger partial charge is 0.316 e. The fraction of sp³-hybridized carbons (Fsp3) is 0.800. The Morgan fingerprint density at radius 1 is 1.21 bits per heavy atom. The van der Waals surface area contributed by atoms with Crippen LogP contribution in [0.15, 0.2) is 4.47 Å². The Bertz CT molecular complexity index is 385. The van der Waals surface area contributed by atoms with Gasteiger partial charge in [-0.2, -0.15) is 5.10 Å². The molecular weight excluding hydrogens is 302 g/mol. The molecule has 1 aromatic heterocycles. The smallest absolute Gasteiger partial charge is 0.0766 e. The van der Waals surface area contributed by atoms with Crippen LogP contribution in [0.5, 0.6) is 0 Å². The molecule has 0 spiro atoms. The molecule has 0 fully saturated rings. The van der Waals surface area contributed by atoms with Crippen molar-refractivity contribution >= 4 is 15.9 Å². The van der Waals surface area contributed by atoms with E-state index in [9.17, 15) is 0 Å². The molecule has 0 saturated heterocycles. The lowest BCUT2D eigenvalue weighted by Crippen LogP contribution is -2.26. The summed E-state index contributed by atoms with van der Waals surface area (Å²) in [7, 11) is 0. The molecule has 1 N–H and O–H groups in total. The van der Waals surface area contributed by atoms with Crippen LogP contribution in [0.3, 0.4) is 0 Å². The number of aromatic nitrogens is 2. The zero-order valence-corrected chi connectivity index (χ0v) is 14.5. The molecule has 1 heterocycles. The monoisotopic (exact) mass is 329 g/mol. The molecule has 0 aliphatic carbocycles. The number of aryl methyl sites for hydroxylation is 2. The van der Waals surface area contributed by atoms with Gasteiger partial charge in [-0.15, -0.1) is 0 Å². The number of rotatable bonds is 8. The molecule has 110 valence electrons. The van der Waals surface area contributed by atoms with Crippen molar-refractivity contribution in [3.05, 3.63) is 15.9 Å². The topological polar surface area (TPSA) is 29.9 Å². The lowest BCUT2D eigenvalue weighted by Gasteiger charge is -2.15. The van der Waals surface area contributed by atoms with Crippen molar-refractivity contribution in [1.29, 1.82) is 0 Å². The minimum absolute atomic E-state index is 0.627. The van der Waals surface area contributed by atoms with Crippen LogP contribution in [0.1, 0.15) is 46.0 Å². The van der Waals surface area contributed by atoms with Crippen LogP contribution in [0, 0.1) is 11.8 Å². The molecule has 0 bridgehead atoms. The van der Waals surface area contributed by atoms with Crippen molar-refractivity contribution in [2.75, 3.05) is 13.1 Å². The van der Waals surface area contributed by atoms with Gasteiger partial charge in [0.05, 0.1) is 15.9 Å². The number of halogens is 1. The number of nitrogens with zero attached hydrogens (tertiary/aromatic N) is 2. The highest BCUT2D eigenvalue weighted by molar-refractivity contribution is 9.10. The lowest BCUT2D eigenvalue weighted by molar-refractivity contribution is 0.459. The molecule has 19 heavy (non-hydrogen) atoms. The average molecular weight is 330 g/mol. The highest BCUT2D eigenvalue weighted by Crippen LogP contribution is 2.24. The molecule has 0 saturated carbocycles. The van der Waals surface area contributed by atoms with E-state index in [2.05, 4.69) is 65.6 Å². The predicted molar refractivity (Wildman–Crippen MR) is 85.6 cm³/mol. The molecule has 3 nitrogen and oxygen atoms in total. The zero-order valence-electron chi connectivity index (χ0n) is 13.0. The summed E-state index contributed by atoms with van der Waals surface area (Å²) < 4.78 is 3.36. The third-order valence-electron chi connectivity index (χ3n) is 3.28. The summed E-state index contributed by atoms with van der Waals surface area (Å²) in [5.74, 6) is 1.34. The normalized spacial score (nSPS) is 13.2. The lowest BCUT2D eigenvalue weighted by atomic mass is 10.0. The Hall–Kier alpha value is -0.350. The third-order valence-corrected chi connectivity index (χ3v) is 4.20. The number of nitrogens with one attached hydrogen (secondary N) is 1. The Morgan fingerprint density at radius 2 is 1.89 bits per heavy atom. The summed E-state index contributed by atoms with van der Waals surface area (Å²) in [6, 6.07) is 0. The first-order valence-electron chi connectivity index (χ1n) is 7.44. The van der Waals surface area contributed by atoms with Crippen LogP contribution in [-0.2, 0) is 19.4 Å². The Labute approximate surface area is 126 Å². The van der Waals surface area contributed by atoms with Crippen LogP contribution >= 0.6 is 15.9 Å². The van der Waals surface area contributed by atoms with Gasteiger partial charge in [-0.3, -0.25) is 4.68 Å². The first-order chi connectivity index (χ1) is 8.99. The Kier molecular flexibility index (Phi) is 7.08. The molecule has 4 heteroatoms. The zero-order chi connectivity index (χ0) is 14.4. The van der Waals surface area contributed by atoms with E-state index in [0.717, 1.165) is 32.5 Å². The summed E-state index contributed by atoms with van der Waals surface area (Å²) in [4.78, 5) is 0. The van der Waals surface area contributed by atoms with Gasteiger partial charge in [0.15, 0.2) is 0 Å². The molecule has 0 aliphatic heterocycles. The van der Waals surface area contributed by atoms with Gasteiger partial charge in [-0.25, -0.2) is 0 Å². The second-order valence-electron chi connectivity index (χ2n) is 5.74. The summed E-state index contributed by atoms with van der Waals surface area (Å²) in [6.07, 6.45) is 2.06. The maximum atomic E-state index is 4.66. The van der Waals surface area contributed by atoms with Crippen molar-refractivity contribution in [3.8, 4) is 0 Å². The van der Waals surface area contributed by atoms with Crippen LogP contribution in [0.25, 0.3) is 0 Å². The van der Waals surface area contributed by atoms with Gasteiger partial charge in [-0.05, 0) is 60.6 Å². The molecule has 0 aromatic carbocycles. The predicted octanol–water partition coefficient (Wildman–Crippen LogP) is 3.65. The van der Waals surface area contributed by atoms with Crippen LogP contribution in [0.4, 0.5) is 0 Å². The van der Waals surface area contributed by atoms with E-state index in [1.807, 2.05) is 0 Å². The fourth-order valence-corrected chi connectivity index (χ4v) is 2.96. The van der Waals surface area contributed by atoms with E-state index in [1.165, 1.54) is 15.9 Å². The molecule has 1 unspecified atom stereocenters. The summed E-state index contributed by atoms with van der Waals surface area (Å²) >= 11 is 3.72. The first-order valence-corrected chi connectivity index (χ1v) is 8.23. The molecule has 0 amide bonds. The van der Waals surface area contributed by atoms with Crippen molar-refractivity contribution in [1.82, 2.24) is 15.1 Å². The SMILES string of the molecule is CCc1nn(CC)c(CC(C)CNCC(C)C)c1Br. The van der Waals surface area contributed by atoms with Gasteiger partial charge in [0.2, 0.25) is 0 Å². The summed E-state index contributed by atoms with van der Waals surface area (Å²) in [6.45, 7) is 14.2. The van der Waals surface area contributed by atoms with Crippen LogP contribution in [-0.4, -0.2) is 22.9 Å². The van der Waals surface area contributed by atoms with Gasteiger partial charge in [0, 0.05) is 6.54 Å². The van der Waals surface area contributed by atoms with Gasteiger partial charge in [0.25, 0.3) is 0 Å². The van der Waals surface area contributed by atoms with Gasteiger partial charge < -0.3 is 5.32 Å². The van der Waals surface area contributed by atoms with E-state index in [4.69, 9.17) is 0 Å². The highest BCUT2D eigenvalue weighted by atomic mass is 79.9. The minimum Gasteiger partial charge on any atom is -0.316 e. The van der Waals surface area contributed by atoms with Gasteiger partial charge >= 0.3 is 0 Å². The minimum atomic E-state index is 0.627. The number of hydrogen-bond acceptors (Lipinski definition) is 2. The van der Waals surface area contributed by atoms with Gasteiger partial charge in [-0.1, -0.05) is 27.7 Å². The second-order valence-corrected chi connectivity index (χ2v) is 6.53. The Morgan fingerprint density at radius 3 is 2.42 bits per heavy atom. The average Bonchev–Trinajstić information content (AvgIpc) is 2.66. The standard InChI is InChI=1S/C15H28BrN3/c1-6-13-15(16)14(19(7-2)18-13)8-12(5)10-17-9-11(3)4/h11-12,17H,6-10H2,1-5H3. The summed E-state index contributed by atoms with van der Waals surface area (Å²) in [5.41, 5.74) is 2.53. The maximum absolute atomic E-state index is 4.66. The molecule has 0 aliphatic rings. The first kappa shape index (κ1) is 16.7. The van der Waals surface area contributed by atoms with E-state index in [1.54, 1.807) is 0 Å². The molecule has 1 atom stereocenters. The quantitative estimate of drug-likeness (QED) is 0.788.